The van der Waals surface area contributed by atoms with Gasteiger partial charge in [-0.2, -0.15) is 0 Å². The van der Waals surface area contributed by atoms with Crippen LogP contribution in [0.15, 0.2) is 24.3 Å². The number of carbonyl (C=O) groups is 1. The normalized spacial score (nSPS) is 15.2. The van der Waals surface area contributed by atoms with E-state index in [9.17, 15) is 4.79 Å². The third kappa shape index (κ3) is 5.80. The quantitative estimate of drug-likeness (QED) is 0.726. The molecule has 1 aliphatic heterocycles. The number of benzene rings is 1. The Bertz CT molecular complexity index is 483. The third-order valence-corrected chi connectivity index (χ3v) is 4.58. The highest BCUT2D eigenvalue weighted by Crippen LogP contribution is 2.16. The van der Waals surface area contributed by atoms with Crippen molar-refractivity contribution in [3.8, 4) is 0 Å². The highest BCUT2D eigenvalue weighted by molar-refractivity contribution is 5.94. The largest absolute Gasteiger partial charge is 0.372 e. The van der Waals surface area contributed by atoms with Gasteiger partial charge < -0.3 is 15.5 Å². The topological polar surface area (TPSA) is 47.6 Å². The molecular formula is C19H32N4O. The summed E-state index contributed by atoms with van der Waals surface area (Å²) in [7, 11) is 0. The molecule has 1 amide bonds. The fourth-order valence-corrected chi connectivity index (χ4v) is 3.01. The first-order valence-electron chi connectivity index (χ1n) is 9.31. The molecule has 1 aromatic rings. The summed E-state index contributed by atoms with van der Waals surface area (Å²) in [6.07, 6.45) is 2.40. The van der Waals surface area contributed by atoms with Crippen LogP contribution >= 0.6 is 0 Å². The van der Waals surface area contributed by atoms with Crippen LogP contribution in [-0.4, -0.2) is 63.2 Å². The first-order valence-corrected chi connectivity index (χ1v) is 9.31. The van der Waals surface area contributed by atoms with Gasteiger partial charge in [-0.1, -0.05) is 13.3 Å². The standard InChI is InChI=1S/C19H32N4O/c1-3-5-13-23(4-2)18-8-6-17(7-9-18)19(24)21-12-16-22-14-10-20-11-15-22/h6-9,20H,3-5,10-16H2,1-2H3,(H,21,24). The van der Waals surface area contributed by atoms with Crippen LogP contribution in [-0.2, 0) is 0 Å². The molecule has 5 heteroatoms. The van der Waals surface area contributed by atoms with Gasteiger partial charge in [0, 0.05) is 63.6 Å². The van der Waals surface area contributed by atoms with E-state index in [4.69, 9.17) is 0 Å². The van der Waals surface area contributed by atoms with E-state index in [2.05, 4.69) is 46.4 Å². The van der Waals surface area contributed by atoms with Gasteiger partial charge in [-0.25, -0.2) is 0 Å². The smallest absolute Gasteiger partial charge is 0.251 e. The van der Waals surface area contributed by atoms with Gasteiger partial charge >= 0.3 is 0 Å². The summed E-state index contributed by atoms with van der Waals surface area (Å²) >= 11 is 0. The summed E-state index contributed by atoms with van der Waals surface area (Å²) in [5.41, 5.74) is 1.94. The van der Waals surface area contributed by atoms with Crippen LogP contribution < -0.4 is 15.5 Å². The number of piperazine rings is 1. The molecule has 0 unspecified atom stereocenters. The Morgan fingerprint density at radius 2 is 1.92 bits per heavy atom. The zero-order valence-corrected chi connectivity index (χ0v) is 15.2. The Balaban J connectivity index is 1.79. The maximum atomic E-state index is 12.3. The van der Waals surface area contributed by atoms with Gasteiger partial charge in [0.25, 0.3) is 5.91 Å². The second-order valence-corrected chi connectivity index (χ2v) is 6.33. The molecule has 1 fully saturated rings. The van der Waals surface area contributed by atoms with Crippen molar-refractivity contribution in [2.75, 3.05) is 57.3 Å². The van der Waals surface area contributed by atoms with Crippen molar-refractivity contribution in [2.45, 2.75) is 26.7 Å². The van der Waals surface area contributed by atoms with Crippen molar-refractivity contribution in [1.29, 1.82) is 0 Å². The molecular weight excluding hydrogens is 300 g/mol. The van der Waals surface area contributed by atoms with Gasteiger partial charge in [0.1, 0.15) is 0 Å². The lowest BCUT2D eigenvalue weighted by molar-refractivity contribution is 0.0947. The number of hydrogen-bond acceptors (Lipinski definition) is 4. The number of carbonyl (C=O) groups excluding carboxylic acids is 1. The van der Waals surface area contributed by atoms with Crippen LogP contribution in [0.1, 0.15) is 37.0 Å². The van der Waals surface area contributed by atoms with Crippen LogP contribution in [0.3, 0.4) is 0 Å². The van der Waals surface area contributed by atoms with Crippen LogP contribution in [0.25, 0.3) is 0 Å². The molecule has 2 N–H and O–H groups in total. The average molecular weight is 332 g/mol. The minimum absolute atomic E-state index is 0.0216. The average Bonchev–Trinajstić information content (AvgIpc) is 2.63. The number of anilines is 1. The first kappa shape index (κ1) is 18.7. The minimum Gasteiger partial charge on any atom is -0.372 e. The molecule has 0 atom stereocenters. The van der Waals surface area contributed by atoms with E-state index < -0.39 is 0 Å². The van der Waals surface area contributed by atoms with E-state index in [0.717, 1.165) is 51.4 Å². The second kappa shape index (κ2) is 10.3. The predicted molar refractivity (Wildman–Crippen MR) is 101 cm³/mol. The molecule has 0 saturated carbocycles. The molecule has 0 aromatic heterocycles. The Kier molecular flexibility index (Phi) is 8.05. The maximum absolute atomic E-state index is 12.3. The number of hydrogen-bond donors (Lipinski definition) is 2. The van der Waals surface area contributed by atoms with E-state index >= 15 is 0 Å². The van der Waals surface area contributed by atoms with Crippen molar-refractivity contribution in [3.05, 3.63) is 29.8 Å². The summed E-state index contributed by atoms with van der Waals surface area (Å²) in [4.78, 5) is 17.0. The Labute approximate surface area is 146 Å². The van der Waals surface area contributed by atoms with Gasteiger partial charge in [-0.15, -0.1) is 0 Å². The van der Waals surface area contributed by atoms with E-state index in [1.165, 1.54) is 18.5 Å². The Morgan fingerprint density at radius 1 is 1.21 bits per heavy atom. The van der Waals surface area contributed by atoms with Crippen LogP contribution in [0, 0.1) is 0 Å². The minimum atomic E-state index is 0.0216. The summed E-state index contributed by atoms with van der Waals surface area (Å²) in [5.74, 6) is 0.0216. The summed E-state index contributed by atoms with van der Waals surface area (Å²) in [6.45, 7) is 12.3. The maximum Gasteiger partial charge on any atom is 0.251 e. The lowest BCUT2D eigenvalue weighted by Gasteiger charge is -2.27. The van der Waals surface area contributed by atoms with Gasteiger partial charge in [-0.05, 0) is 37.6 Å². The molecule has 1 aromatic carbocycles. The lowest BCUT2D eigenvalue weighted by Crippen LogP contribution is -2.46. The fraction of sp³-hybridized carbons (Fsp3) is 0.632. The van der Waals surface area contributed by atoms with Crippen LogP contribution in [0.5, 0.6) is 0 Å². The van der Waals surface area contributed by atoms with Crippen molar-refractivity contribution < 1.29 is 4.79 Å². The van der Waals surface area contributed by atoms with Crippen molar-refractivity contribution in [2.24, 2.45) is 0 Å². The molecule has 24 heavy (non-hydrogen) atoms. The molecule has 1 saturated heterocycles. The zero-order valence-electron chi connectivity index (χ0n) is 15.2. The summed E-state index contributed by atoms with van der Waals surface area (Å²) < 4.78 is 0. The van der Waals surface area contributed by atoms with Gasteiger partial charge in [0.2, 0.25) is 0 Å². The molecule has 1 aliphatic rings. The SMILES string of the molecule is CCCCN(CC)c1ccc(C(=O)NCCN2CCNCC2)cc1. The molecule has 134 valence electrons. The van der Waals surface area contributed by atoms with Crippen molar-refractivity contribution in [1.82, 2.24) is 15.5 Å². The van der Waals surface area contributed by atoms with E-state index in [1.54, 1.807) is 0 Å². The number of nitrogens with zero attached hydrogens (tertiary/aromatic N) is 2. The Morgan fingerprint density at radius 3 is 2.54 bits per heavy atom. The van der Waals surface area contributed by atoms with Crippen LogP contribution in [0.2, 0.25) is 0 Å². The number of unbranched alkanes of at least 4 members (excludes halogenated alkanes) is 1. The number of amides is 1. The lowest BCUT2D eigenvalue weighted by atomic mass is 10.1. The van der Waals surface area contributed by atoms with Gasteiger partial charge in [-0.3, -0.25) is 9.69 Å². The van der Waals surface area contributed by atoms with E-state index in [-0.39, 0.29) is 5.91 Å². The Hall–Kier alpha value is -1.59. The number of rotatable bonds is 9. The molecule has 0 bridgehead atoms. The molecule has 0 aliphatic carbocycles. The molecule has 2 rings (SSSR count). The molecule has 0 spiro atoms. The zero-order chi connectivity index (χ0) is 17.2. The van der Waals surface area contributed by atoms with E-state index in [0.29, 0.717) is 6.54 Å². The number of nitrogens with one attached hydrogen (secondary N) is 2. The van der Waals surface area contributed by atoms with E-state index in [1.807, 2.05) is 12.1 Å². The van der Waals surface area contributed by atoms with Crippen molar-refractivity contribution >= 4 is 11.6 Å². The monoisotopic (exact) mass is 332 g/mol. The van der Waals surface area contributed by atoms with Gasteiger partial charge in [0.15, 0.2) is 0 Å². The predicted octanol–water partition coefficient (Wildman–Crippen LogP) is 1.95. The second-order valence-electron chi connectivity index (χ2n) is 6.33. The first-order chi connectivity index (χ1) is 11.7. The van der Waals surface area contributed by atoms with Gasteiger partial charge in [0.05, 0.1) is 0 Å². The summed E-state index contributed by atoms with van der Waals surface area (Å²) in [6, 6.07) is 7.99. The molecule has 5 nitrogen and oxygen atoms in total. The van der Waals surface area contributed by atoms with Crippen molar-refractivity contribution in [3.63, 3.8) is 0 Å². The highest BCUT2D eigenvalue weighted by atomic mass is 16.1. The fourth-order valence-electron chi connectivity index (χ4n) is 3.01. The third-order valence-electron chi connectivity index (χ3n) is 4.58. The molecule has 0 radical (unpaired) electrons. The summed E-state index contributed by atoms with van der Waals surface area (Å²) in [5, 5.41) is 6.37. The highest BCUT2D eigenvalue weighted by Gasteiger charge is 2.11. The van der Waals surface area contributed by atoms with Crippen LogP contribution in [0.4, 0.5) is 5.69 Å². The molecule has 1 heterocycles.